The fraction of sp³-hybridized carbons (Fsp3) is 0.263. The van der Waals surface area contributed by atoms with E-state index in [1.807, 2.05) is 31.2 Å². The lowest BCUT2D eigenvalue weighted by Crippen LogP contribution is -2.35. The molecule has 0 radical (unpaired) electrons. The molecule has 136 valence electrons. The van der Waals surface area contributed by atoms with Gasteiger partial charge >= 0.3 is 0 Å². The van der Waals surface area contributed by atoms with Gasteiger partial charge in [-0.15, -0.1) is 0 Å². The summed E-state index contributed by atoms with van der Waals surface area (Å²) in [5, 5.41) is 13.8. The molecule has 0 spiro atoms. The summed E-state index contributed by atoms with van der Waals surface area (Å²) < 4.78 is 0. The van der Waals surface area contributed by atoms with Crippen LogP contribution in [0.5, 0.6) is 0 Å². The Labute approximate surface area is 151 Å². The second-order valence-corrected chi connectivity index (χ2v) is 5.93. The smallest absolute Gasteiger partial charge is 0.273 e. The molecule has 0 aromatic heterocycles. The third kappa shape index (κ3) is 4.24. The molecule has 2 amide bonds. The van der Waals surface area contributed by atoms with Gasteiger partial charge in [-0.2, -0.15) is 0 Å². The normalized spacial score (nSPS) is 10.3. The summed E-state index contributed by atoms with van der Waals surface area (Å²) in [5.74, 6) is -0.769. The molecule has 1 N–H and O–H groups in total. The quantitative estimate of drug-likeness (QED) is 0.636. The Hall–Kier alpha value is -3.22. The third-order valence-corrected chi connectivity index (χ3v) is 4.13. The standard InChI is InChI=1S/C19H21N3O4/c1-4-14-8-5-6-10-16(14)20-18(23)12-21(3)19(24)15-9-7-11-17(13(15)2)22(25)26/h5-11H,4,12H2,1-3H3,(H,20,23). The maximum Gasteiger partial charge on any atom is 0.273 e. The summed E-state index contributed by atoms with van der Waals surface area (Å²) in [6.07, 6.45) is 0.776. The van der Waals surface area contributed by atoms with Gasteiger partial charge in [-0.1, -0.05) is 31.2 Å². The molecule has 7 nitrogen and oxygen atoms in total. The average Bonchev–Trinajstić information content (AvgIpc) is 2.61. The van der Waals surface area contributed by atoms with E-state index in [4.69, 9.17) is 0 Å². The molecule has 2 aromatic carbocycles. The number of nitro groups is 1. The molecule has 0 atom stereocenters. The molecule has 0 saturated carbocycles. The van der Waals surface area contributed by atoms with Gasteiger partial charge in [0.05, 0.1) is 11.5 Å². The number of rotatable bonds is 6. The van der Waals surface area contributed by atoms with Crippen LogP contribution < -0.4 is 5.32 Å². The van der Waals surface area contributed by atoms with E-state index >= 15 is 0 Å². The highest BCUT2D eigenvalue weighted by atomic mass is 16.6. The second kappa shape index (κ2) is 8.24. The summed E-state index contributed by atoms with van der Waals surface area (Å²) in [7, 11) is 1.49. The Balaban J connectivity index is 2.11. The summed E-state index contributed by atoms with van der Waals surface area (Å²) in [6, 6.07) is 11.8. The molecule has 0 fully saturated rings. The Morgan fingerprint density at radius 3 is 2.50 bits per heavy atom. The summed E-state index contributed by atoms with van der Waals surface area (Å²) in [4.78, 5) is 36.6. The number of nitro benzene ring substituents is 1. The van der Waals surface area contributed by atoms with Crippen LogP contribution in [0.2, 0.25) is 0 Å². The number of nitrogens with zero attached hydrogens (tertiary/aromatic N) is 2. The van der Waals surface area contributed by atoms with Crippen molar-refractivity contribution in [3.63, 3.8) is 0 Å². The number of aryl methyl sites for hydroxylation is 1. The van der Waals surface area contributed by atoms with Crippen LogP contribution in [0.1, 0.15) is 28.4 Å². The molecule has 0 bridgehead atoms. The molecule has 26 heavy (non-hydrogen) atoms. The average molecular weight is 355 g/mol. The van der Waals surface area contributed by atoms with Crippen LogP contribution >= 0.6 is 0 Å². The molecule has 0 saturated heterocycles. The lowest BCUT2D eigenvalue weighted by atomic mass is 10.1. The molecule has 0 aliphatic carbocycles. The second-order valence-electron chi connectivity index (χ2n) is 5.93. The highest BCUT2D eigenvalue weighted by Crippen LogP contribution is 2.22. The fourth-order valence-corrected chi connectivity index (χ4v) is 2.69. The first-order valence-electron chi connectivity index (χ1n) is 8.22. The minimum atomic E-state index is -0.527. The first-order valence-corrected chi connectivity index (χ1v) is 8.22. The van der Waals surface area contributed by atoms with Gasteiger partial charge in [-0.25, -0.2) is 0 Å². The number of anilines is 1. The van der Waals surface area contributed by atoms with E-state index in [1.54, 1.807) is 0 Å². The van der Waals surface area contributed by atoms with E-state index in [1.165, 1.54) is 37.1 Å². The SMILES string of the molecule is CCc1ccccc1NC(=O)CN(C)C(=O)c1cccc([N+](=O)[O-])c1C. The van der Waals surface area contributed by atoms with Crippen molar-refractivity contribution in [3.8, 4) is 0 Å². The van der Waals surface area contributed by atoms with Crippen molar-refractivity contribution in [1.29, 1.82) is 0 Å². The molecule has 0 unspecified atom stereocenters. The molecular weight excluding hydrogens is 334 g/mol. The number of carbonyl (C=O) groups is 2. The molecule has 2 rings (SSSR count). The molecule has 0 aliphatic heterocycles. The third-order valence-electron chi connectivity index (χ3n) is 4.13. The van der Waals surface area contributed by atoms with Gasteiger partial charge in [-0.3, -0.25) is 19.7 Å². The van der Waals surface area contributed by atoms with E-state index < -0.39 is 10.8 Å². The van der Waals surface area contributed by atoms with Crippen LogP contribution in [0.25, 0.3) is 0 Å². The van der Waals surface area contributed by atoms with E-state index in [0.717, 1.165) is 12.0 Å². The van der Waals surface area contributed by atoms with Gasteiger partial charge in [0.15, 0.2) is 0 Å². The first kappa shape index (κ1) is 19.1. The highest BCUT2D eigenvalue weighted by Gasteiger charge is 2.21. The van der Waals surface area contributed by atoms with E-state index in [0.29, 0.717) is 5.69 Å². The molecule has 2 aromatic rings. The number of benzene rings is 2. The maximum atomic E-state index is 12.6. The minimum absolute atomic E-state index is 0.120. The number of nitrogens with one attached hydrogen (secondary N) is 1. The van der Waals surface area contributed by atoms with Crippen LogP contribution in [0.15, 0.2) is 42.5 Å². The number of carbonyl (C=O) groups excluding carboxylic acids is 2. The van der Waals surface area contributed by atoms with Crippen molar-refractivity contribution >= 4 is 23.2 Å². The van der Waals surface area contributed by atoms with Crippen molar-refractivity contribution in [2.24, 2.45) is 0 Å². The summed E-state index contributed by atoms with van der Waals surface area (Å²) in [5.41, 5.74) is 2.09. The Bertz CT molecular complexity index is 848. The molecule has 0 heterocycles. The van der Waals surface area contributed by atoms with Gasteiger partial charge in [0.25, 0.3) is 11.6 Å². The Morgan fingerprint density at radius 2 is 1.85 bits per heavy atom. The van der Waals surface area contributed by atoms with Crippen LogP contribution in [-0.2, 0) is 11.2 Å². The molecule has 7 heteroatoms. The fourth-order valence-electron chi connectivity index (χ4n) is 2.69. The van der Waals surface area contributed by atoms with E-state index in [9.17, 15) is 19.7 Å². The summed E-state index contributed by atoms with van der Waals surface area (Å²) in [6.45, 7) is 3.36. The van der Waals surface area contributed by atoms with Gasteiger partial charge in [-0.05, 0) is 31.0 Å². The van der Waals surface area contributed by atoms with Crippen LogP contribution in [0.4, 0.5) is 11.4 Å². The minimum Gasteiger partial charge on any atom is -0.332 e. The predicted molar refractivity (Wildman–Crippen MR) is 99.2 cm³/mol. The highest BCUT2D eigenvalue weighted by molar-refractivity contribution is 6.00. The van der Waals surface area contributed by atoms with Crippen LogP contribution in [-0.4, -0.2) is 35.2 Å². The first-order chi connectivity index (χ1) is 12.3. The topological polar surface area (TPSA) is 92.6 Å². The van der Waals surface area contributed by atoms with Crippen molar-refractivity contribution in [2.45, 2.75) is 20.3 Å². The van der Waals surface area contributed by atoms with Gasteiger partial charge in [0.1, 0.15) is 0 Å². The number of amides is 2. The van der Waals surface area contributed by atoms with Crippen molar-refractivity contribution in [3.05, 3.63) is 69.3 Å². The van der Waals surface area contributed by atoms with Gasteiger partial charge < -0.3 is 10.2 Å². The van der Waals surface area contributed by atoms with Crippen molar-refractivity contribution < 1.29 is 14.5 Å². The molecular formula is C19H21N3O4. The van der Waals surface area contributed by atoms with Crippen LogP contribution in [0.3, 0.4) is 0 Å². The lowest BCUT2D eigenvalue weighted by molar-refractivity contribution is -0.385. The van der Waals surface area contributed by atoms with Crippen LogP contribution in [0, 0.1) is 17.0 Å². The monoisotopic (exact) mass is 355 g/mol. The summed E-state index contributed by atoms with van der Waals surface area (Å²) >= 11 is 0. The number of likely N-dealkylation sites (N-methyl/N-ethyl adjacent to an activating group) is 1. The zero-order chi connectivity index (χ0) is 19.3. The zero-order valence-corrected chi connectivity index (χ0v) is 15.0. The van der Waals surface area contributed by atoms with E-state index in [-0.39, 0.29) is 29.3 Å². The number of hydrogen-bond acceptors (Lipinski definition) is 4. The molecule has 0 aliphatic rings. The Morgan fingerprint density at radius 1 is 1.15 bits per heavy atom. The van der Waals surface area contributed by atoms with Crippen molar-refractivity contribution in [1.82, 2.24) is 4.90 Å². The number of hydrogen-bond donors (Lipinski definition) is 1. The maximum absolute atomic E-state index is 12.6. The Kier molecular flexibility index (Phi) is 6.06. The predicted octanol–water partition coefficient (Wildman–Crippen LogP) is 3.18. The van der Waals surface area contributed by atoms with Crippen molar-refractivity contribution in [2.75, 3.05) is 18.9 Å². The van der Waals surface area contributed by atoms with Gasteiger partial charge in [0, 0.05) is 29.9 Å². The number of para-hydroxylation sites is 1. The lowest BCUT2D eigenvalue weighted by Gasteiger charge is -2.18. The van der Waals surface area contributed by atoms with E-state index in [2.05, 4.69) is 5.32 Å². The largest absolute Gasteiger partial charge is 0.332 e. The zero-order valence-electron chi connectivity index (χ0n) is 15.0. The van der Waals surface area contributed by atoms with Gasteiger partial charge in [0.2, 0.25) is 5.91 Å².